The number of fused-ring (bicyclic) bond motifs is 1. The Morgan fingerprint density at radius 2 is 1.90 bits per heavy atom. The molecule has 0 aliphatic rings. The van der Waals surface area contributed by atoms with Crippen molar-refractivity contribution in [3.63, 3.8) is 0 Å². The molecule has 3 rings (SSSR count). The number of aromatic amines is 1. The van der Waals surface area contributed by atoms with Crippen LogP contribution in [-0.4, -0.2) is 67.1 Å². The number of imidazole rings is 2. The third kappa shape index (κ3) is 6.43. The Bertz CT molecular complexity index is 960. The highest BCUT2D eigenvalue weighted by Gasteiger charge is 2.20. The molecule has 1 amide bonds. The average molecular weight is 417 g/mol. The van der Waals surface area contributed by atoms with Crippen LogP contribution in [0.2, 0.25) is 0 Å². The predicted molar refractivity (Wildman–Crippen MR) is 111 cm³/mol. The number of para-hydroxylation sites is 1. The Balaban J connectivity index is 0.000000672. The van der Waals surface area contributed by atoms with E-state index in [2.05, 4.69) is 27.9 Å². The number of carbonyl (C=O) groups excluding carboxylic acids is 1. The summed E-state index contributed by atoms with van der Waals surface area (Å²) < 4.78 is 1.89. The number of H-pyrrole nitrogens is 1. The number of carboxylic acid groups (broad SMARTS) is 2. The van der Waals surface area contributed by atoms with E-state index in [1.165, 1.54) is 0 Å². The quantitative estimate of drug-likeness (QED) is 0.539. The van der Waals surface area contributed by atoms with Gasteiger partial charge in [0.05, 0.1) is 11.0 Å². The molecular formula is C20H27N5O5. The second-order valence-corrected chi connectivity index (χ2v) is 6.43. The second kappa shape index (κ2) is 12.0. The fraction of sp³-hybridized carbons (Fsp3) is 0.350. The highest BCUT2D eigenvalue weighted by molar-refractivity contribution is 5.80. The molecule has 0 bridgehead atoms. The molecule has 0 fully saturated rings. The van der Waals surface area contributed by atoms with Crippen molar-refractivity contribution in [2.45, 2.75) is 33.2 Å². The number of nitrogens with zero attached hydrogens (tertiary/aromatic N) is 4. The molecule has 1 unspecified atom stereocenters. The number of nitrogens with one attached hydrogen (secondary N) is 1. The monoisotopic (exact) mass is 417 g/mol. The van der Waals surface area contributed by atoms with E-state index in [0.29, 0.717) is 13.0 Å². The van der Waals surface area contributed by atoms with Gasteiger partial charge in [-0.2, -0.15) is 0 Å². The van der Waals surface area contributed by atoms with E-state index in [4.69, 9.17) is 19.8 Å². The van der Waals surface area contributed by atoms with Gasteiger partial charge in [-0.05, 0) is 32.4 Å². The zero-order valence-corrected chi connectivity index (χ0v) is 17.4. The van der Waals surface area contributed by atoms with E-state index >= 15 is 0 Å². The molecular weight excluding hydrogens is 390 g/mol. The van der Waals surface area contributed by atoms with Gasteiger partial charge in [-0.15, -0.1) is 0 Å². The standard InChI is InChI=1S/C18H23N5O.2CH2O2/c1-12-6-5-7-15-17(12)21-16(20-15)8-10-22(4)18(24)13(2)23-11-9-19-14(23)3;2*2-1-3/h5-7,9,11,13H,8,10H2,1-4H3,(H,20,21);2*1H,(H,2,3). The lowest BCUT2D eigenvalue weighted by Crippen LogP contribution is -2.34. The third-order valence-electron chi connectivity index (χ3n) is 4.46. The van der Waals surface area contributed by atoms with Crippen molar-refractivity contribution in [3.8, 4) is 0 Å². The fourth-order valence-corrected chi connectivity index (χ4v) is 2.96. The van der Waals surface area contributed by atoms with Gasteiger partial charge in [0.2, 0.25) is 5.91 Å². The minimum Gasteiger partial charge on any atom is -0.483 e. The number of hydrogen-bond acceptors (Lipinski definition) is 5. The van der Waals surface area contributed by atoms with Crippen molar-refractivity contribution >= 4 is 29.9 Å². The van der Waals surface area contributed by atoms with Crippen LogP contribution in [0.1, 0.15) is 30.2 Å². The first-order valence-corrected chi connectivity index (χ1v) is 9.14. The number of hydrogen-bond donors (Lipinski definition) is 3. The van der Waals surface area contributed by atoms with Crippen molar-refractivity contribution in [1.82, 2.24) is 24.4 Å². The molecule has 0 spiro atoms. The number of rotatable bonds is 5. The lowest BCUT2D eigenvalue weighted by Gasteiger charge is -2.22. The maximum Gasteiger partial charge on any atom is 0.290 e. The number of benzene rings is 1. The molecule has 1 aromatic carbocycles. The Morgan fingerprint density at radius 3 is 2.43 bits per heavy atom. The van der Waals surface area contributed by atoms with Crippen LogP contribution in [0.4, 0.5) is 0 Å². The van der Waals surface area contributed by atoms with Crippen molar-refractivity contribution in [2.75, 3.05) is 13.6 Å². The summed E-state index contributed by atoms with van der Waals surface area (Å²) in [6, 6.07) is 5.84. The van der Waals surface area contributed by atoms with Crippen molar-refractivity contribution in [1.29, 1.82) is 0 Å². The zero-order valence-electron chi connectivity index (χ0n) is 17.4. The van der Waals surface area contributed by atoms with Gasteiger partial charge in [0.15, 0.2) is 0 Å². The van der Waals surface area contributed by atoms with Gasteiger partial charge in [-0.3, -0.25) is 14.4 Å². The van der Waals surface area contributed by atoms with Crippen molar-refractivity contribution in [2.24, 2.45) is 0 Å². The topological polar surface area (TPSA) is 141 Å². The van der Waals surface area contributed by atoms with Crippen LogP contribution in [0, 0.1) is 13.8 Å². The van der Waals surface area contributed by atoms with E-state index < -0.39 is 0 Å². The maximum atomic E-state index is 12.6. The number of amides is 1. The number of likely N-dealkylation sites (N-methyl/N-ethyl adjacent to an activating group) is 1. The van der Waals surface area contributed by atoms with E-state index in [1.54, 1.807) is 11.1 Å². The highest BCUT2D eigenvalue weighted by atomic mass is 16.3. The van der Waals surface area contributed by atoms with Crippen molar-refractivity contribution in [3.05, 3.63) is 47.8 Å². The first-order valence-electron chi connectivity index (χ1n) is 9.14. The van der Waals surface area contributed by atoms with Gasteiger partial charge in [-0.25, -0.2) is 9.97 Å². The second-order valence-electron chi connectivity index (χ2n) is 6.43. The molecule has 3 N–H and O–H groups in total. The third-order valence-corrected chi connectivity index (χ3v) is 4.46. The molecule has 162 valence electrons. The molecule has 3 aromatic rings. The summed E-state index contributed by atoms with van der Waals surface area (Å²) >= 11 is 0. The Kier molecular flexibility index (Phi) is 9.74. The van der Waals surface area contributed by atoms with Crippen LogP contribution in [0.5, 0.6) is 0 Å². The SMILES string of the molecule is Cc1cccc2[nH]c(CCN(C)C(=O)C(C)n3ccnc3C)nc12.O=CO.O=CO. The molecule has 2 aromatic heterocycles. The van der Waals surface area contributed by atoms with Gasteiger partial charge < -0.3 is 24.7 Å². The van der Waals surface area contributed by atoms with E-state index in [1.807, 2.05) is 43.8 Å². The first-order chi connectivity index (χ1) is 14.3. The molecule has 1 atom stereocenters. The van der Waals surface area contributed by atoms with Gasteiger partial charge in [0.25, 0.3) is 12.9 Å². The van der Waals surface area contributed by atoms with Crippen LogP contribution in [0.25, 0.3) is 11.0 Å². The van der Waals surface area contributed by atoms with Crippen LogP contribution < -0.4 is 0 Å². The molecule has 10 heteroatoms. The largest absolute Gasteiger partial charge is 0.483 e. The van der Waals surface area contributed by atoms with E-state index in [-0.39, 0.29) is 24.9 Å². The summed E-state index contributed by atoms with van der Waals surface area (Å²) in [5, 5.41) is 13.8. The van der Waals surface area contributed by atoms with Gasteiger partial charge in [-0.1, -0.05) is 12.1 Å². The average Bonchev–Trinajstić information content (AvgIpc) is 3.33. The molecule has 0 saturated heterocycles. The summed E-state index contributed by atoms with van der Waals surface area (Å²) in [5.41, 5.74) is 3.20. The summed E-state index contributed by atoms with van der Waals surface area (Å²) in [4.78, 5) is 43.2. The molecule has 2 heterocycles. The zero-order chi connectivity index (χ0) is 22.7. The number of aryl methyl sites for hydroxylation is 2. The summed E-state index contributed by atoms with van der Waals surface area (Å²) in [5.74, 6) is 1.82. The van der Waals surface area contributed by atoms with Gasteiger partial charge in [0, 0.05) is 32.4 Å². The summed E-state index contributed by atoms with van der Waals surface area (Å²) in [6.07, 6.45) is 4.26. The molecule has 30 heavy (non-hydrogen) atoms. The van der Waals surface area contributed by atoms with Gasteiger partial charge >= 0.3 is 0 Å². The smallest absolute Gasteiger partial charge is 0.290 e. The predicted octanol–water partition coefficient (Wildman–Crippen LogP) is 2.04. The van der Waals surface area contributed by atoms with E-state index in [0.717, 1.165) is 28.2 Å². The summed E-state index contributed by atoms with van der Waals surface area (Å²) in [7, 11) is 1.83. The normalized spacial score (nSPS) is 10.8. The Hall–Kier alpha value is -3.69. The minimum absolute atomic E-state index is 0.0726. The molecule has 0 aliphatic carbocycles. The van der Waals surface area contributed by atoms with E-state index in [9.17, 15) is 4.79 Å². The molecule has 10 nitrogen and oxygen atoms in total. The van der Waals surface area contributed by atoms with Crippen LogP contribution in [-0.2, 0) is 20.8 Å². The Labute approximate surface area is 174 Å². The lowest BCUT2D eigenvalue weighted by atomic mass is 10.2. The van der Waals surface area contributed by atoms with Crippen molar-refractivity contribution < 1.29 is 24.6 Å². The van der Waals surface area contributed by atoms with Crippen LogP contribution >= 0.6 is 0 Å². The molecule has 0 saturated carbocycles. The highest BCUT2D eigenvalue weighted by Crippen LogP contribution is 2.16. The van der Waals surface area contributed by atoms with Crippen LogP contribution in [0.15, 0.2) is 30.6 Å². The van der Waals surface area contributed by atoms with Gasteiger partial charge in [0.1, 0.15) is 17.7 Å². The molecule has 0 aliphatic heterocycles. The number of aromatic nitrogens is 4. The van der Waals surface area contributed by atoms with Crippen LogP contribution in [0.3, 0.4) is 0 Å². The molecule has 0 radical (unpaired) electrons. The first kappa shape index (κ1) is 24.3. The number of carbonyl (C=O) groups is 3. The lowest BCUT2D eigenvalue weighted by molar-refractivity contribution is -0.133. The minimum atomic E-state index is -0.254. The fourth-order valence-electron chi connectivity index (χ4n) is 2.96. The Morgan fingerprint density at radius 1 is 1.27 bits per heavy atom. The maximum absolute atomic E-state index is 12.6. The summed E-state index contributed by atoms with van der Waals surface area (Å²) in [6.45, 7) is 5.98.